The van der Waals surface area contributed by atoms with E-state index in [-0.39, 0.29) is 11.4 Å². The molecule has 2 atom stereocenters. The maximum atomic E-state index is 12.7. The van der Waals surface area contributed by atoms with Crippen LogP contribution in [0.25, 0.3) is 0 Å². The molecule has 0 unspecified atom stereocenters. The molecule has 1 N–H and O–H groups in total. The Morgan fingerprint density at radius 1 is 1.27 bits per heavy atom. The van der Waals surface area contributed by atoms with Crippen LogP contribution >= 0.6 is 0 Å². The van der Waals surface area contributed by atoms with Crippen molar-refractivity contribution < 1.29 is 4.79 Å². The van der Waals surface area contributed by atoms with Crippen molar-refractivity contribution in [2.75, 3.05) is 13.1 Å². The fraction of sp³-hybridized carbons (Fsp3) is 0.765. The summed E-state index contributed by atoms with van der Waals surface area (Å²) >= 11 is 0. The number of carbonyl (C=O) groups is 1. The molecule has 3 rings (SSSR count). The first-order chi connectivity index (χ1) is 10.4. The van der Waals surface area contributed by atoms with Crippen LogP contribution in [-0.4, -0.2) is 45.8 Å². The molecule has 0 bridgehead atoms. The maximum Gasteiger partial charge on any atom is 0.255 e. The van der Waals surface area contributed by atoms with Gasteiger partial charge in [0.15, 0.2) is 0 Å². The molecule has 0 saturated carbocycles. The number of hydrogen-bond donors (Lipinski definition) is 1. The molecule has 5 heteroatoms. The van der Waals surface area contributed by atoms with Gasteiger partial charge >= 0.3 is 0 Å². The van der Waals surface area contributed by atoms with E-state index in [1.54, 1.807) is 6.20 Å². The van der Waals surface area contributed by atoms with Gasteiger partial charge in [-0.1, -0.05) is 6.42 Å². The average Bonchev–Trinajstić information content (AvgIpc) is 3.02. The highest BCUT2D eigenvalue weighted by Gasteiger charge is 2.36. The molecule has 0 spiro atoms. The topological polar surface area (TPSA) is 50.2 Å². The van der Waals surface area contributed by atoms with Crippen LogP contribution in [0.3, 0.4) is 0 Å². The van der Waals surface area contributed by atoms with Crippen LogP contribution in [0.2, 0.25) is 0 Å². The third-order valence-corrected chi connectivity index (χ3v) is 5.06. The molecular formula is C17H28N4O. The van der Waals surface area contributed by atoms with Crippen LogP contribution in [-0.2, 0) is 5.54 Å². The number of nitrogens with one attached hydrogen (secondary N) is 1. The highest BCUT2D eigenvalue weighted by atomic mass is 16.1. The van der Waals surface area contributed by atoms with E-state index < -0.39 is 0 Å². The largest absolute Gasteiger partial charge is 0.348 e. The van der Waals surface area contributed by atoms with Crippen molar-refractivity contribution in [3.05, 3.63) is 17.5 Å². The summed E-state index contributed by atoms with van der Waals surface area (Å²) in [6, 6.07) is 0.834. The highest BCUT2D eigenvalue weighted by molar-refractivity contribution is 5.95. The first kappa shape index (κ1) is 15.5. The smallest absolute Gasteiger partial charge is 0.255 e. The van der Waals surface area contributed by atoms with Crippen LogP contribution < -0.4 is 5.32 Å². The summed E-state index contributed by atoms with van der Waals surface area (Å²) < 4.78 is 1.93. The highest BCUT2D eigenvalue weighted by Crippen LogP contribution is 2.27. The van der Waals surface area contributed by atoms with E-state index in [9.17, 15) is 4.79 Å². The van der Waals surface area contributed by atoms with E-state index in [0.717, 1.165) is 18.7 Å². The number of fused-ring (bicyclic) bond motifs is 1. The van der Waals surface area contributed by atoms with Crippen LogP contribution in [0.15, 0.2) is 6.20 Å². The minimum atomic E-state index is -0.101. The minimum Gasteiger partial charge on any atom is -0.348 e. The van der Waals surface area contributed by atoms with Crippen LogP contribution in [0.5, 0.6) is 0 Å². The lowest BCUT2D eigenvalue weighted by molar-refractivity contribution is 0.0914. The molecule has 1 aromatic rings. The summed E-state index contributed by atoms with van der Waals surface area (Å²) in [5.41, 5.74) is 1.56. The number of aromatic nitrogens is 2. The number of carbonyl (C=O) groups excluding carboxylic acids is 1. The molecule has 1 amide bonds. The number of piperidine rings is 1. The van der Waals surface area contributed by atoms with E-state index in [2.05, 4.69) is 36.1 Å². The van der Waals surface area contributed by atoms with Gasteiger partial charge in [-0.25, -0.2) is 0 Å². The lowest BCUT2D eigenvalue weighted by atomic mass is 9.99. The van der Waals surface area contributed by atoms with Crippen molar-refractivity contribution in [2.24, 2.45) is 0 Å². The zero-order valence-corrected chi connectivity index (χ0v) is 14.2. The Hall–Kier alpha value is -1.36. The lowest BCUT2D eigenvalue weighted by Crippen LogP contribution is -2.46. The Kier molecular flexibility index (Phi) is 4.02. The van der Waals surface area contributed by atoms with Gasteiger partial charge in [-0.2, -0.15) is 5.10 Å². The van der Waals surface area contributed by atoms with E-state index in [1.165, 1.54) is 25.8 Å². The summed E-state index contributed by atoms with van der Waals surface area (Å²) in [6.45, 7) is 10.6. The molecule has 0 aliphatic carbocycles. The Morgan fingerprint density at radius 2 is 2.05 bits per heavy atom. The van der Waals surface area contributed by atoms with Gasteiger partial charge in [0.05, 0.1) is 17.3 Å². The third-order valence-electron chi connectivity index (χ3n) is 5.06. The summed E-state index contributed by atoms with van der Waals surface area (Å²) in [5.74, 6) is 0.0328. The maximum absolute atomic E-state index is 12.7. The molecule has 2 fully saturated rings. The molecule has 5 nitrogen and oxygen atoms in total. The van der Waals surface area contributed by atoms with Crippen molar-refractivity contribution in [1.29, 1.82) is 0 Å². The SMILES string of the molecule is Cc1c(C(=O)N[C@@H]2CCN3CCCC[C@H]23)cnn1C(C)(C)C. The minimum absolute atomic E-state index is 0.0328. The quantitative estimate of drug-likeness (QED) is 0.912. The normalized spacial score (nSPS) is 26.0. The predicted octanol–water partition coefficient (Wildman–Crippen LogP) is 2.30. The van der Waals surface area contributed by atoms with Crippen LogP contribution in [0, 0.1) is 6.92 Å². The number of rotatable bonds is 2. The van der Waals surface area contributed by atoms with Gasteiger partial charge in [0.1, 0.15) is 0 Å². The Balaban J connectivity index is 1.71. The molecule has 0 radical (unpaired) electrons. The Labute approximate surface area is 133 Å². The second kappa shape index (κ2) is 5.69. The molecule has 2 aliphatic heterocycles. The fourth-order valence-corrected chi connectivity index (χ4v) is 3.97. The first-order valence-corrected chi connectivity index (χ1v) is 8.48. The molecule has 122 valence electrons. The Bertz CT molecular complexity index is 557. The van der Waals surface area contributed by atoms with E-state index in [1.807, 2.05) is 11.6 Å². The second-order valence-corrected chi connectivity index (χ2v) is 7.69. The van der Waals surface area contributed by atoms with Crippen molar-refractivity contribution >= 4 is 5.91 Å². The van der Waals surface area contributed by atoms with Gasteiger partial charge in [0.25, 0.3) is 5.91 Å². The molecule has 1 aromatic heterocycles. The summed E-state index contributed by atoms with van der Waals surface area (Å²) in [6.07, 6.45) is 6.58. The van der Waals surface area contributed by atoms with E-state index in [4.69, 9.17) is 0 Å². The molecule has 0 aromatic carbocycles. The van der Waals surface area contributed by atoms with Crippen molar-refractivity contribution in [3.63, 3.8) is 0 Å². The standard InChI is InChI=1S/C17H28N4O/c1-12-13(11-18-21(12)17(2,3)4)16(22)19-14-8-10-20-9-6-5-7-15(14)20/h11,14-15H,5-10H2,1-4H3,(H,19,22)/t14-,15-/m1/s1. The lowest BCUT2D eigenvalue weighted by Gasteiger charge is -2.32. The molecule has 2 saturated heterocycles. The van der Waals surface area contributed by atoms with Gasteiger partial charge < -0.3 is 5.32 Å². The monoisotopic (exact) mass is 304 g/mol. The first-order valence-electron chi connectivity index (χ1n) is 8.48. The van der Waals surface area contributed by atoms with E-state index in [0.29, 0.717) is 17.6 Å². The van der Waals surface area contributed by atoms with Crippen molar-refractivity contribution in [1.82, 2.24) is 20.0 Å². The molecule has 3 heterocycles. The summed E-state index contributed by atoms with van der Waals surface area (Å²) in [7, 11) is 0. The third kappa shape index (κ3) is 2.78. The summed E-state index contributed by atoms with van der Waals surface area (Å²) in [4.78, 5) is 15.2. The van der Waals surface area contributed by atoms with Crippen LogP contribution in [0.1, 0.15) is 62.5 Å². The van der Waals surface area contributed by atoms with Gasteiger partial charge in [-0.15, -0.1) is 0 Å². The number of amides is 1. The molecular weight excluding hydrogens is 276 g/mol. The molecule has 2 aliphatic rings. The number of hydrogen-bond acceptors (Lipinski definition) is 3. The van der Waals surface area contributed by atoms with Gasteiger partial charge in [0.2, 0.25) is 0 Å². The average molecular weight is 304 g/mol. The van der Waals surface area contributed by atoms with Gasteiger partial charge in [-0.3, -0.25) is 14.4 Å². The van der Waals surface area contributed by atoms with E-state index >= 15 is 0 Å². The van der Waals surface area contributed by atoms with Gasteiger partial charge in [0, 0.05) is 24.3 Å². The second-order valence-electron chi connectivity index (χ2n) is 7.69. The van der Waals surface area contributed by atoms with Crippen molar-refractivity contribution in [2.45, 2.75) is 71.0 Å². The fourth-order valence-electron chi connectivity index (χ4n) is 3.97. The number of nitrogens with zero attached hydrogens (tertiary/aromatic N) is 3. The Morgan fingerprint density at radius 3 is 2.73 bits per heavy atom. The molecule has 22 heavy (non-hydrogen) atoms. The zero-order valence-electron chi connectivity index (χ0n) is 14.2. The summed E-state index contributed by atoms with van der Waals surface area (Å²) in [5, 5.41) is 7.68. The van der Waals surface area contributed by atoms with Crippen molar-refractivity contribution in [3.8, 4) is 0 Å². The predicted molar refractivity (Wildman–Crippen MR) is 87.0 cm³/mol. The van der Waals surface area contributed by atoms with Crippen LogP contribution in [0.4, 0.5) is 0 Å². The zero-order chi connectivity index (χ0) is 15.9. The van der Waals surface area contributed by atoms with Gasteiger partial charge in [-0.05, 0) is 53.5 Å².